The van der Waals surface area contributed by atoms with Gasteiger partial charge in [-0.1, -0.05) is 29.8 Å². The first-order valence-electron chi connectivity index (χ1n) is 6.80. The maximum absolute atomic E-state index is 12.0. The maximum Gasteiger partial charge on any atom is 0.249 e. The van der Waals surface area contributed by atoms with E-state index in [1.165, 1.54) is 12.4 Å². The minimum absolute atomic E-state index is 0.220. The van der Waals surface area contributed by atoms with Crippen molar-refractivity contribution < 1.29 is 4.79 Å². The zero-order valence-electron chi connectivity index (χ0n) is 11.3. The van der Waals surface area contributed by atoms with Gasteiger partial charge in [0.1, 0.15) is 12.1 Å². The van der Waals surface area contributed by atoms with Crippen molar-refractivity contribution in [1.29, 1.82) is 0 Å². The molecule has 0 aliphatic heterocycles. The Balaban J connectivity index is 1.73. The molecule has 1 aliphatic rings. The standard InChI is InChI=1S/C16H14ClN3O/c17-13-6-2-1-4-11(13)8-9-15(21)20-16-12-5-3-7-14(12)18-10-19-16/h1-2,4,6,8-10H,3,5,7H2,(H,18,19,20,21)/b9-8+. The lowest BCUT2D eigenvalue weighted by Gasteiger charge is -2.06. The van der Waals surface area contributed by atoms with E-state index in [2.05, 4.69) is 15.3 Å². The summed E-state index contributed by atoms with van der Waals surface area (Å²) < 4.78 is 0. The molecule has 0 unspecified atom stereocenters. The number of aromatic nitrogens is 2. The van der Waals surface area contributed by atoms with E-state index in [0.29, 0.717) is 10.8 Å². The molecule has 1 heterocycles. The van der Waals surface area contributed by atoms with E-state index < -0.39 is 0 Å². The topological polar surface area (TPSA) is 54.9 Å². The number of benzene rings is 1. The van der Waals surface area contributed by atoms with E-state index in [1.54, 1.807) is 12.1 Å². The fourth-order valence-electron chi connectivity index (χ4n) is 2.40. The number of aryl methyl sites for hydroxylation is 1. The first-order valence-corrected chi connectivity index (χ1v) is 7.18. The molecule has 2 aromatic rings. The van der Waals surface area contributed by atoms with Gasteiger partial charge in [0.15, 0.2) is 0 Å². The number of nitrogens with one attached hydrogen (secondary N) is 1. The van der Waals surface area contributed by atoms with Crippen LogP contribution >= 0.6 is 11.6 Å². The quantitative estimate of drug-likeness (QED) is 0.885. The molecule has 0 spiro atoms. The van der Waals surface area contributed by atoms with Crippen molar-refractivity contribution in [2.75, 3.05) is 5.32 Å². The largest absolute Gasteiger partial charge is 0.307 e. The molecule has 4 nitrogen and oxygen atoms in total. The minimum atomic E-state index is -0.220. The molecule has 0 radical (unpaired) electrons. The Labute approximate surface area is 127 Å². The molecule has 106 valence electrons. The van der Waals surface area contributed by atoms with E-state index in [0.717, 1.165) is 36.1 Å². The molecule has 0 fully saturated rings. The van der Waals surface area contributed by atoms with Gasteiger partial charge in [-0.05, 0) is 37.0 Å². The average Bonchev–Trinajstić information content (AvgIpc) is 2.96. The van der Waals surface area contributed by atoms with Crippen LogP contribution in [0.1, 0.15) is 23.2 Å². The zero-order chi connectivity index (χ0) is 14.7. The number of carbonyl (C=O) groups excluding carboxylic acids is 1. The SMILES string of the molecule is O=C(/C=C/c1ccccc1Cl)Nc1ncnc2c1CCC2. The van der Waals surface area contributed by atoms with Crippen LogP contribution in [0.4, 0.5) is 5.82 Å². The summed E-state index contributed by atoms with van der Waals surface area (Å²) in [7, 11) is 0. The summed E-state index contributed by atoms with van der Waals surface area (Å²) in [5.74, 6) is 0.397. The second-order valence-electron chi connectivity index (χ2n) is 4.85. The van der Waals surface area contributed by atoms with Crippen molar-refractivity contribution in [3.8, 4) is 0 Å². The Morgan fingerprint density at radius 2 is 2.10 bits per heavy atom. The number of anilines is 1. The number of halogens is 1. The van der Waals surface area contributed by atoms with Gasteiger partial charge in [-0.15, -0.1) is 0 Å². The number of hydrogen-bond acceptors (Lipinski definition) is 3. The van der Waals surface area contributed by atoms with Crippen LogP contribution in [0.5, 0.6) is 0 Å². The van der Waals surface area contributed by atoms with Crippen molar-refractivity contribution in [3.63, 3.8) is 0 Å². The summed E-state index contributed by atoms with van der Waals surface area (Å²) >= 11 is 6.04. The van der Waals surface area contributed by atoms with E-state index in [9.17, 15) is 4.79 Å². The van der Waals surface area contributed by atoms with Crippen molar-refractivity contribution in [3.05, 3.63) is 58.5 Å². The molecule has 0 atom stereocenters. The predicted molar refractivity (Wildman–Crippen MR) is 83.2 cm³/mol. The van der Waals surface area contributed by atoms with Gasteiger partial charge in [-0.3, -0.25) is 4.79 Å². The Kier molecular flexibility index (Phi) is 3.97. The molecule has 1 N–H and O–H groups in total. The predicted octanol–water partition coefficient (Wildman–Crippen LogP) is 3.27. The molecule has 1 aliphatic carbocycles. The molecule has 0 bridgehead atoms. The van der Waals surface area contributed by atoms with Crippen LogP contribution in [-0.2, 0) is 17.6 Å². The summed E-state index contributed by atoms with van der Waals surface area (Å²) in [6.07, 6.45) is 7.59. The molecule has 1 aromatic carbocycles. The molecular formula is C16H14ClN3O. The van der Waals surface area contributed by atoms with Crippen molar-refractivity contribution >= 4 is 29.4 Å². The van der Waals surface area contributed by atoms with Gasteiger partial charge in [0.2, 0.25) is 5.91 Å². The molecule has 1 aromatic heterocycles. The maximum atomic E-state index is 12.0. The lowest BCUT2D eigenvalue weighted by molar-refractivity contribution is -0.111. The Morgan fingerprint density at radius 3 is 2.95 bits per heavy atom. The van der Waals surface area contributed by atoms with Gasteiger partial charge < -0.3 is 5.32 Å². The number of rotatable bonds is 3. The van der Waals surface area contributed by atoms with Gasteiger partial charge in [-0.25, -0.2) is 9.97 Å². The van der Waals surface area contributed by atoms with Crippen LogP contribution in [0.3, 0.4) is 0 Å². The highest BCUT2D eigenvalue weighted by Crippen LogP contribution is 2.25. The molecule has 0 saturated carbocycles. The lowest BCUT2D eigenvalue weighted by atomic mass is 10.2. The molecule has 1 amide bonds. The zero-order valence-corrected chi connectivity index (χ0v) is 12.1. The Morgan fingerprint density at radius 1 is 1.24 bits per heavy atom. The van der Waals surface area contributed by atoms with E-state index in [-0.39, 0.29) is 5.91 Å². The van der Waals surface area contributed by atoms with E-state index in [1.807, 2.05) is 18.2 Å². The third-order valence-electron chi connectivity index (χ3n) is 3.44. The van der Waals surface area contributed by atoms with Gasteiger partial charge in [0.05, 0.1) is 0 Å². The minimum Gasteiger partial charge on any atom is -0.307 e. The van der Waals surface area contributed by atoms with Gasteiger partial charge in [0, 0.05) is 22.4 Å². The average molecular weight is 300 g/mol. The Hall–Kier alpha value is -2.20. The van der Waals surface area contributed by atoms with E-state index >= 15 is 0 Å². The highest BCUT2D eigenvalue weighted by atomic mass is 35.5. The summed E-state index contributed by atoms with van der Waals surface area (Å²) in [6.45, 7) is 0. The van der Waals surface area contributed by atoms with Gasteiger partial charge in [-0.2, -0.15) is 0 Å². The normalized spacial score (nSPS) is 13.4. The highest BCUT2D eigenvalue weighted by Gasteiger charge is 2.17. The lowest BCUT2D eigenvalue weighted by Crippen LogP contribution is -2.11. The highest BCUT2D eigenvalue weighted by molar-refractivity contribution is 6.32. The summed E-state index contributed by atoms with van der Waals surface area (Å²) in [5, 5.41) is 3.43. The number of carbonyl (C=O) groups is 1. The van der Waals surface area contributed by atoms with E-state index in [4.69, 9.17) is 11.6 Å². The number of hydrogen-bond donors (Lipinski definition) is 1. The van der Waals surface area contributed by atoms with Gasteiger partial charge in [0.25, 0.3) is 0 Å². The second kappa shape index (κ2) is 6.06. The van der Waals surface area contributed by atoms with Gasteiger partial charge >= 0.3 is 0 Å². The number of fused-ring (bicyclic) bond motifs is 1. The molecular weight excluding hydrogens is 286 g/mol. The molecule has 5 heteroatoms. The fourth-order valence-corrected chi connectivity index (χ4v) is 2.60. The van der Waals surface area contributed by atoms with Crippen LogP contribution in [-0.4, -0.2) is 15.9 Å². The summed E-state index contributed by atoms with van der Waals surface area (Å²) in [4.78, 5) is 20.4. The van der Waals surface area contributed by atoms with Crippen LogP contribution in [0.15, 0.2) is 36.7 Å². The smallest absolute Gasteiger partial charge is 0.249 e. The second-order valence-corrected chi connectivity index (χ2v) is 5.25. The fraction of sp³-hybridized carbons (Fsp3) is 0.188. The van der Waals surface area contributed by atoms with Crippen LogP contribution in [0.2, 0.25) is 5.02 Å². The third-order valence-corrected chi connectivity index (χ3v) is 3.78. The van der Waals surface area contributed by atoms with Crippen molar-refractivity contribution in [2.45, 2.75) is 19.3 Å². The first kappa shape index (κ1) is 13.8. The monoisotopic (exact) mass is 299 g/mol. The Bertz CT molecular complexity index is 712. The molecule has 0 saturated heterocycles. The van der Waals surface area contributed by atoms with Crippen LogP contribution in [0.25, 0.3) is 6.08 Å². The van der Waals surface area contributed by atoms with Crippen LogP contribution in [0, 0.1) is 0 Å². The van der Waals surface area contributed by atoms with Crippen molar-refractivity contribution in [1.82, 2.24) is 9.97 Å². The molecule has 21 heavy (non-hydrogen) atoms. The third kappa shape index (κ3) is 3.11. The number of amides is 1. The summed E-state index contributed by atoms with van der Waals surface area (Å²) in [5.41, 5.74) is 2.90. The summed E-state index contributed by atoms with van der Waals surface area (Å²) in [6, 6.07) is 7.37. The first-order chi connectivity index (χ1) is 10.2. The molecule has 3 rings (SSSR count). The van der Waals surface area contributed by atoms with Crippen LogP contribution < -0.4 is 5.32 Å². The number of nitrogens with zero attached hydrogens (tertiary/aromatic N) is 2. The van der Waals surface area contributed by atoms with Crippen molar-refractivity contribution in [2.24, 2.45) is 0 Å².